The second-order valence-corrected chi connectivity index (χ2v) is 5.05. The van der Waals surface area contributed by atoms with Crippen LogP contribution < -0.4 is 5.73 Å². The van der Waals surface area contributed by atoms with Crippen molar-refractivity contribution in [1.29, 1.82) is 0 Å². The molecule has 20 heavy (non-hydrogen) atoms. The molecule has 2 N–H and O–H groups in total. The highest BCUT2D eigenvalue weighted by Crippen LogP contribution is 2.32. The van der Waals surface area contributed by atoms with E-state index in [1.807, 2.05) is 17.9 Å². The van der Waals surface area contributed by atoms with E-state index in [1.54, 1.807) is 16.9 Å². The molecule has 2 aromatic rings. The summed E-state index contributed by atoms with van der Waals surface area (Å²) in [5.74, 6) is 1.19. The lowest BCUT2D eigenvalue weighted by molar-refractivity contribution is -0.133. The van der Waals surface area contributed by atoms with Crippen molar-refractivity contribution in [2.75, 3.05) is 12.3 Å². The minimum atomic E-state index is -0.0170. The van der Waals surface area contributed by atoms with Crippen molar-refractivity contribution in [3.05, 3.63) is 29.8 Å². The highest BCUT2D eigenvalue weighted by Gasteiger charge is 2.32. The number of hydrogen-bond donors (Lipinski definition) is 1. The summed E-state index contributed by atoms with van der Waals surface area (Å²) >= 11 is 0. The Labute approximate surface area is 116 Å². The van der Waals surface area contributed by atoms with Gasteiger partial charge in [-0.05, 0) is 25.8 Å². The lowest BCUT2D eigenvalue weighted by atomic mass is 10.1. The topological polar surface area (TPSA) is 90.2 Å². The summed E-state index contributed by atoms with van der Waals surface area (Å²) in [5, 5.41) is 7.93. The van der Waals surface area contributed by atoms with Gasteiger partial charge in [-0.15, -0.1) is 0 Å². The van der Waals surface area contributed by atoms with E-state index in [1.165, 1.54) is 0 Å². The number of nitrogens with two attached hydrogens (primary N) is 1. The van der Waals surface area contributed by atoms with E-state index in [9.17, 15) is 4.79 Å². The number of rotatable bonds is 3. The molecule has 1 aliphatic rings. The van der Waals surface area contributed by atoms with Gasteiger partial charge in [-0.1, -0.05) is 5.16 Å². The second-order valence-electron chi connectivity index (χ2n) is 5.05. The molecule has 0 aromatic carbocycles. The molecule has 0 spiro atoms. The molecule has 7 heteroatoms. The van der Waals surface area contributed by atoms with Crippen LogP contribution in [0.2, 0.25) is 0 Å². The Balaban J connectivity index is 1.73. The second kappa shape index (κ2) is 4.99. The first-order valence-corrected chi connectivity index (χ1v) is 6.65. The predicted octanol–water partition coefficient (Wildman–Crippen LogP) is 1.13. The highest BCUT2D eigenvalue weighted by molar-refractivity contribution is 5.76. The largest absolute Gasteiger partial charge is 0.382 e. The molecule has 1 fully saturated rings. The van der Waals surface area contributed by atoms with Gasteiger partial charge in [0, 0.05) is 18.8 Å². The normalized spacial score (nSPS) is 18.6. The first-order valence-electron chi connectivity index (χ1n) is 6.65. The maximum Gasteiger partial charge on any atom is 0.244 e. The Kier molecular flexibility index (Phi) is 3.17. The third-order valence-corrected chi connectivity index (χ3v) is 3.51. The molecule has 3 rings (SSSR count). The summed E-state index contributed by atoms with van der Waals surface area (Å²) in [6.45, 7) is 2.81. The number of anilines is 1. The van der Waals surface area contributed by atoms with Gasteiger partial charge in [-0.25, -0.2) is 0 Å². The number of aryl methyl sites for hydroxylation is 1. The van der Waals surface area contributed by atoms with Gasteiger partial charge in [0.05, 0.1) is 11.7 Å². The zero-order chi connectivity index (χ0) is 14.1. The van der Waals surface area contributed by atoms with Crippen LogP contribution in [-0.4, -0.2) is 32.3 Å². The number of hydrogen-bond acceptors (Lipinski definition) is 5. The fraction of sp³-hybridized carbons (Fsp3) is 0.462. The van der Waals surface area contributed by atoms with Gasteiger partial charge in [-0.2, -0.15) is 5.10 Å². The molecule has 2 aromatic heterocycles. The SMILES string of the molecule is Cc1cc(C2CCCN2C(=O)Cn2ccc(N)n2)on1. The van der Waals surface area contributed by atoms with E-state index in [0.29, 0.717) is 5.82 Å². The van der Waals surface area contributed by atoms with Gasteiger partial charge in [0.15, 0.2) is 5.76 Å². The molecule has 0 aliphatic carbocycles. The van der Waals surface area contributed by atoms with E-state index in [4.69, 9.17) is 10.3 Å². The minimum Gasteiger partial charge on any atom is -0.382 e. The number of carbonyl (C=O) groups excluding carboxylic acids is 1. The zero-order valence-electron chi connectivity index (χ0n) is 11.3. The lowest BCUT2D eigenvalue weighted by Gasteiger charge is -2.22. The van der Waals surface area contributed by atoms with Crippen LogP contribution in [0.15, 0.2) is 22.9 Å². The fourth-order valence-corrected chi connectivity index (χ4v) is 2.60. The molecule has 0 bridgehead atoms. The van der Waals surface area contributed by atoms with Crippen LogP contribution in [0.4, 0.5) is 5.82 Å². The van der Waals surface area contributed by atoms with Gasteiger partial charge >= 0.3 is 0 Å². The number of aromatic nitrogens is 3. The van der Waals surface area contributed by atoms with E-state index < -0.39 is 0 Å². The van der Waals surface area contributed by atoms with Gasteiger partial charge < -0.3 is 15.2 Å². The van der Waals surface area contributed by atoms with Crippen molar-refractivity contribution in [3.8, 4) is 0 Å². The van der Waals surface area contributed by atoms with Gasteiger partial charge in [-0.3, -0.25) is 9.48 Å². The molecule has 0 radical (unpaired) electrons. The maximum absolute atomic E-state index is 12.4. The van der Waals surface area contributed by atoms with Crippen molar-refractivity contribution in [1.82, 2.24) is 19.8 Å². The smallest absolute Gasteiger partial charge is 0.244 e. The van der Waals surface area contributed by atoms with Crippen LogP contribution in [-0.2, 0) is 11.3 Å². The highest BCUT2D eigenvalue weighted by atomic mass is 16.5. The van der Waals surface area contributed by atoms with E-state index >= 15 is 0 Å². The third-order valence-electron chi connectivity index (χ3n) is 3.51. The summed E-state index contributed by atoms with van der Waals surface area (Å²) in [6.07, 6.45) is 3.58. The van der Waals surface area contributed by atoms with Crippen molar-refractivity contribution in [2.24, 2.45) is 0 Å². The Morgan fingerprint density at radius 3 is 3.10 bits per heavy atom. The average Bonchev–Trinajstić information content (AvgIpc) is 3.09. The van der Waals surface area contributed by atoms with Gasteiger partial charge in [0.25, 0.3) is 0 Å². The maximum atomic E-state index is 12.4. The molecule has 106 valence electrons. The summed E-state index contributed by atoms with van der Waals surface area (Å²) in [4.78, 5) is 14.2. The Bertz CT molecular complexity index is 618. The number of nitrogen functional groups attached to an aromatic ring is 1. The number of carbonyl (C=O) groups is 1. The number of nitrogens with zero attached hydrogens (tertiary/aromatic N) is 4. The van der Waals surface area contributed by atoms with E-state index in [0.717, 1.165) is 30.8 Å². The van der Waals surface area contributed by atoms with Crippen LogP contribution in [0.25, 0.3) is 0 Å². The average molecular weight is 275 g/mol. The quantitative estimate of drug-likeness (QED) is 0.906. The Hall–Kier alpha value is -2.31. The van der Waals surface area contributed by atoms with Gasteiger partial charge in [0.2, 0.25) is 5.91 Å². The first kappa shape index (κ1) is 12.7. The Morgan fingerprint density at radius 2 is 2.45 bits per heavy atom. The van der Waals surface area contributed by atoms with Crippen LogP contribution in [0.3, 0.4) is 0 Å². The number of likely N-dealkylation sites (tertiary alicyclic amines) is 1. The van der Waals surface area contributed by atoms with E-state index in [-0.39, 0.29) is 18.5 Å². The van der Waals surface area contributed by atoms with Crippen molar-refractivity contribution >= 4 is 11.7 Å². The molecule has 7 nitrogen and oxygen atoms in total. The molecule has 1 amide bonds. The lowest BCUT2D eigenvalue weighted by Crippen LogP contribution is -2.33. The summed E-state index contributed by atoms with van der Waals surface area (Å²) in [7, 11) is 0. The summed E-state index contributed by atoms with van der Waals surface area (Å²) in [6, 6.07) is 3.55. The third kappa shape index (κ3) is 2.38. The minimum absolute atomic E-state index is 0.0170. The zero-order valence-corrected chi connectivity index (χ0v) is 11.3. The molecular weight excluding hydrogens is 258 g/mol. The fourth-order valence-electron chi connectivity index (χ4n) is 2.60. The van der Waals surface area contributed by atoms with E-state index in [2.05, 4.69) is 10.3 Å². The predicted molar refractivity (Wildman–Crippen MR) is 71.6 cm³/mol. The molecule has 0 saturated carbocycles. The number of amides is 1. The summed E-state index contributed by atoms with van der Waals surface area (Å²) in [5.41, 5.74) is 6.38. The summed E-state index contributed by atoms with van der Waals surface area (Å²) < 4.78 is 6.85. The van der Waals surface area contributed by atoms with Gasteiger partial charge in [0.1, 0.15) is 12.4 Å². The molecule has 1 atom stereocenters. The van der Waals surface area contributed by atoms with Crippen molar-refractivity contribution < 1.29 is 9.32 Å². The molecular formula is C13H17N5O2. The molecule has 3 heterocycles. The van der Waals surface area contributed by atoms with Crippen molar-refractivity contribution in [2.45, 2.75) is 32.4 Å². The van der Waals surface area contributed by atoms with Crippen LogP contribution in [0, 0.1) is 6.92 Å². The molecule has 1 saturated heterocycles. The molecule has 1 unspecified atom stereocenters. The Morgan fingerprint density at radius 1 is 1.60 bits per heavy atom. The van der Waals surface area contributed by atoms with Crippen molar-refractivity contribution in [3.63, 3.8) is 0 Å². The van der Waals surface area contributed by atoms with Crippen LogP contribution in [0.5, 0.6) is 0 Å². The first-order chi connectivity index (χ1) is 9.63. The standard InChI is InChI=1S/C13H17N5O2/c1-9-7-11(20-16-9)10-3-2-5-18(10)13(19)8-17-6-4-12(14)15-17/h4,6-7,10H,2-3,5,8H2,1H3,(H2,14,15). The van der Waals surface area contributed by atoms with Crippen LogP contribution >= 0.6 is 0 Å². The molecule has 1 aliphatic heterocycles. The monoisotopic (exact) mass is 275 g/mol. The van der Waals surface area contributed by atoms with Crippen LogP contribution in [0.1, 0.15) is 30.3 Å².